The lowest BCUT2D eigenvalue weighted by atomic mass is 10.0. The second-order valence-corrected chi connectivity index (χ2v) is 6.91. The number of rotatable bonds is 8. The van der Waals surface area contributed by atoms with Crippen LogP contribution in [0.4, 0.5) is 0 Å². The van der Waals surface area contributed by atoms with Crippen LogP contribution in [0.15, 0.2) is 36.4 Å². The SMILES string of the molecule is CCN(CC)[C@H](CNC(=O)Cc1ccc(Cl)nc1C)c1ccccc1Cl. The summed E-state index contributed by atoms with van der Waals surface area (Å²) in [5, 5.41) is 4.20. The average molecular weight is 394 g/mol. The molecule has 1 atom stereocenters. The Kier molecular flexibility index (Phi) is 7.88. The molecule has 0 aliphatic heterocycles. The number of carbonyl (C=O) groups excluding carboxylic acids is 1. The van der Waals surface area contributed by atoms with Crippen molar-refractivity contribution in [2.75, 3.05) is 19.6 Å². The van der Waals surface area contributed by atoms with E-state index in [4.69, 9.17) is 23.2 Å². The van der Waals surface area contributed by atoms with Gasteiger partial charge in [-0.15, -0.1) is 0 Å². The molecule has 140 valence electrons. The lowest BCUT2D eigenvalue weighted by Crippen LogP contribution is -2.38. The van der Waals surface area contributed by atoms with Gasteiger partial charge < -0.3 is 5.32 Å². The number of nitrogens with one attached hydrogen (secondary N) is 1. The van der Waals surface area contributed by atoms with E-state index in [0.29, 0.717) is 11.7 Å². The summed E-state index contributed by atoms with van der Waals surface area (Å²) in [5.74, 6) is -0.0403. The molecule has 0 saturated heterocycles. The minimum Gasteiger partial charge on any atom is -0.354 e. The van der Waals surface area contributed by atoms with Crippen molar-refractivity contribution in [2.45, 2.75) is 33.2 Å². The zero-order valence-corrected chi connectivity index (χ0v) is 16.9. The van der Waals surface area contributed by atoms with Crippen molar-refractivity contribution in [3.8, 4) is 0 Å². The van der Waals surface area contributed by atoms with Gasteiger partial charge in [0, 0.05) is 17.3 Å². The van der Waals surface area contributed by atoms with Gasteiger partial charge in [0.05, 0.1) is 12.5 Å². The zero-order valence-electron chi connectivity index (χ0n) is 15.4. The summed E-state index contributed by atoms with van der Waals surface area (Å²) in [7, 11) is 0. The molecule has 4 nitrogen and oxygen atoms in total. The molecule has 0 radical (unpaired) electrons. The van der Waals surface area contributed by atoms with Crippen molar-refractivity contribution in [1.29, 1.82) is 0 Å². The van der Waals surface area contributed by atoms with Crippen LogP contribution in [0.5, 0.6) is 0 Å². The Morgan fingerprint density at radius 3 is 2.46 bits per heavy atom. The minimum absolute atomic E-state index is 0.0343. The van der Waals surface area contributed by atoms with Crippen LogP contribution in [-0.2, 0) is 11.2 Å². The van der Waals surface area contributed by atoms with Crippen LogP contribution in [0.1, 0.15) is 36.7 Å². The van der Waals surface area contributed by atoms with E-state index < -0.39 is 0 Å². The molecule has 1 aromatic heterocycles. The predicted molar refractivity (Wildman–Crippen MR) is 108 cm³/mol. The average Bonchev–Trinajstić information content (AvgIpc) is 2.62. The molecule has 0 aliphatic carbocycles. The van der Waals surface area contributed by atoms with Crippen molar-refractivity contribution >= 4 is 29.1 Å². The van der Waals surface area contributed by atoms with Gasteiger partial charge in [-0.05, 0) is 43.3 Å². The number of pyridine rings is 1. The van der Waals surface area contributed by atoms with Crippen LogP contribution in [0.3, 0.4) is 0 Å². The number of hydrogen-bond acceptors (Lipinski definition) is 3. The Bertz CT molecular complexity index is 748. The molecule has 0 bridgehead atoms. The monoisotopic (exact) mass is 393 g/mol. The molecule has 1 N–H and O–H groups in total. The van der Waals surface area contributed by atoms with E-state index in [0.717, 1.165) is 34.9 Å². The van der Waals surface area contributed by atoms with Crippen LogP contribution in [-0.4, -0.2) is 35.4 Å². The van der Waals surface area contributed by atoms with Gasteiger partial charge in [-0.25, -0.2) is 4.98 Å². The highest BCUT2D eigenvalue weighted by molar-refractivity contribution is 6.31. The molecule has 26 heavy (non-hydrogen) atoms. The van der Waals surface area contributed by atoms with Crippen molar-refractivity contribution in [2.24, 2.45) is 0 Å². The van der Waals surface area contributed by atoms with Gasteiger partial charge in [0.25, 0.3) is 0 Å². The molecule has 1 aromatic carbocycles. The van der Waals surface area contributed by atoms with Crippen LogP contribution >= 0.6 is 23.2 Å². The summed E-state index contributed by atoms with van der Waals surface area (Å²) in [6.45, 7) is 8.34. The van der Waals surface area contributed by atoms with E-state index in [-0.39, 0.29) is 18.4 Å². The third kappa shape index (κ3) is 5.44. The first-order valence-electron chi connectivity index (χ1n) is 8.83. The number of amides is 1. The quantitative estimate of drug-likeness (QED) is 0.674. The molecule has 2 aromatic rings. The van der Waals surface area contributed by atoms with Gasteiger partial charge in [-0.2, -0.15) is 0 Å². The van der Waals surface area contributed by atoms with Gasteiger partial charge in [-0.3, -0.25) is 9.69 Å². The maximum Gasteiger partial charge on any atom is 0.224 e. The first kappa shape index (κ1) is 20.7. The molecule has 2 rings (SSSR count). The van der Waals surface area contributed by atoms with Crippen molar-refractivity contribution in [3.63, 3.8) is 0 Å². The Balaban J connectivity index is 2.09. The smallest absolute Gasteiger partial charge is 0.224 e. The van der Waals surface area contributed by atoms with Gasteiger partial charge in [0.1, 0.15) is 5.15 Å². The summed E-state index contributed by atoms with van der Waals surface area (Å²) < 4.78 is 0. The topological polar surface area (TPSA) is 45.2 Å². The number of nitrogens with zero attached hydrogens (tertiary/aromatic N) is 2. The Hall–Kier alpha value is -1.62. The summed E-state index contributed by atoms with van der Waals surface area (Å²) >= 11 is 12.3. The summed E-state index contributed by atoms with van der Waals surface area (Å²) in [6, 6.07) is 11.4. The Labute approximate surface area is 165 Å². The predicted octanol–water partition coefficient (Wildman–Crippen LogP) is 4.44. The largest absolute Gasteiger partial charge is 0.354 e. The van der Waals surface area contributed by atoms with Gasteiger partial charge in [0.2, 0.25) is 5.91 Å². The second kappa shape index (κ2) is 9.91. The molecule has 0 unspecified atom stereocenters. The van der Waals surface area contributed by atoms with E-state index in [1.54, 1.807) is 6.07 Å². The molecular formula is C20H25Cl2N3O. The normalized spacial score (nSPS) is 12.2. The van der Waals surface area contributed by atoms with E-state index in [1.165, 1.54) is 0 Å². The van der Waals surface area contributed by atoms with E-state index in [2.05, 4.69) is 29.0 Å². The van der Waals surface area contributed by atoms with E-state index in [1.807, 2.05) is 37.3 Å². The first-order chi connectivity index (χ1) is 12.5. The number of aryl methyl sites for hydroxylation is 1. The molecule has 1 heterocycles. The molecule has 0 fully saturated rings. The minimum atomic E-state index is -0.0403. The number of halogens is 2. The van der Waals surface area contributed by atoms with Gasteiger partial charge >= 0.3 is 0 Å². The van der Waals surface area contributed by atoms with Crippen LogP contribution in [0.25, 0.3) is 0 Å². The molecular weight excluding hydrogens is 369 g/mol. The lowest BCUT2D eigenvalue weighted by Gasteiger charge is -2.31. The number of carbonyl (C=O) groups is 1. The highest BCUT2D eigenvalue weighted by Crippen LogP contribution is 2.27. The third-order valence-corrected chi connectivity index (χ3v) is 5.08. The summed E-state index contributed by atoms with van der Waals surface area (Å²) in [5.41, 5.74) is 2.69. The lowest BCUT2D eigenvalue weighted by molar-refractivity contribution is -0.120. The third-order valence-electron chi connectivity index (χ3n) is 4.52. The van der Waals surface area contributed by atoms with Crippen LogP contribution < -0.4 is 5.32 Å². The van der Waals surface area contributed by atoms with Crippen LogP contribution in [0, 0.1) is 6.92 Å². The fraction of sp³-hybridized carbons (Fsp3) is 0.400. The molecule has 6 heteroatoms. The standard InChI is InChI=1S/C20H25Cl2N3O/c1-4-25(5-2)18(16-8-6-7-9-17(16)21)13-23-20(26)12-15-10-11-19(22)24-14(15)3/h6-11,18H,4-5,12-13H2,1-3H3,(H,23,26)/t18-/m1/s1. The Morgan fingerprint density at radius 1 is 1.15 bits per heavy atom. The highest BCUT2D eigenvalue weighted by Gasteiger charge is 2.21. The fourth-order valence-corrected chi connectivity index (χ4v) is 3.49. The number of aromatic nitrogens is 1. The van der Waals surface area contributed by atoms with Crippen molar-refractivity contribution in [1.82, 2.24) is 15.2 Å². The zero-order chi connectivity index (χ0) is 19.1. The second-order valence-electron chi connectivity index (χ2n) is 6.12. The number of benzene rings is 1. The highest BCUT2D eigenvalue weighted by atomic mass is 35.5. The summed E-state index contributed by atoms with van der Waals surface area (Å²) in [4.78, 5) is 18.9. The molecule has 1 amide bonds. The molecule has 0 aliphatic rings. The Morgan fingerprint density at radius 2 is 1.85 bits per heavy atom. The summed E-state index contributed by atoms with van der Waals surface area (Å²) in [6.07, 6.45) is 0.281. The number of likely N-dealkylation sites (N-methyl/N-ethyl adjacent to an activating group) is 1. The van der Waals surface area contributed by atoms with Crippen molar-refractivity contribution in [3.05, 3.63) is 63.4 Å². The maximum absolute atomic E-state index is 12.4. The fourth-order valence-electron chi connectivity index (χ4n) is 3.04. The van der Waals surface area contributed by atoms with Crippen LogP contribution in [0.2, 0.25) is 10.2 Å². The maximum atomic E-state index is 12.4. The molecule has 0 spiro atoms. The van der Waals surface area contributed by atoms with Gasteiger partial charge in [0.15, 0.2) is 0 Å². The van der Waals surface area contributed by atoms with E-state index in [9.17, 15) is 4.79 Å². The number of hydrogen-bond donors (Lipinski definition) is 1. The van der Waals surface area contributed by atoms with E-state index >= 15 is 0 Å². The first-order valence-corrected chi connectivity index (χ1v) is 9.59. The molecule has 0 saturated carbocycles. The van der Waals surface area contributed by atoms with Crippen molar-refractivity contribution < 1.29 is 4.79 Å². The van der Waals surface area contributed by atoms with Gasteiger partial charge in [-0.1, -0.05) is 61.3 Å².